The first-order chi connectivity index (χ1) is 60.7. The number of anilines is 6. The number of para-hydroxylation sites is 6. The fourth-order valence-electron chi connectivity index (χ4n) is 18.9. The number of benzene rings is 15. The predicted molar refractivity (Wildman–Crippen MR) is 476 cm³/mol. The molecule has 8 heterocycles. The standard InChI is InChI=1S/C104H75BN8/c1-102(2,3)63-36-44-91(75(52-63)61-48-79-71-25-13-19-31-87(71)112-88-32-20-14-26-72(88)80(49-61)100(79)112)110-95-57-67(108-85-29-17-11-23-69(85)77-47-60(59-106)35-43-93(77)108)39-41-83(95)105-84-42-40-68(109-86-30-18-12-24-70(86)78-56-66(107-10)38-46-94(78)109)58-96(84)111(98-55-65(104(7,8)9)54-97(110)99(98)105)92-45-37-64(103(4,5)6)53-76(92)62-50-81-73-27-15-21-33-89(73)113-90-34-22-16-28-74(90)82(51-62)101(81)113/h11-58H,1-9H3/i11D,12D,17D,18D,23D,24D,29D,30D,35D,38D,43D,46D,47D,56D. The summed E-state index contributed by atoms with van der Waals surface area (Å²) < 4.78 is 143. The lowest BCUT2D eigenvalue weighted by molar-refractivity contribution is 0.590. The van der Waals surface area contributed by atoms with Gasteiger partial charge >= 0.3 is 0 Å². The first-order valence-electron chi connectivity index (χ1n) is 45.3. The van der Waals surface area contributed by atoms with E-state index in [1.54, 1.807) is 9.13 Å². The molecule has 9 heteroatoms. The van der Waals surface area contributed by atoms with E-state index in [2.05, 4.69) is 256 Å². The smallest absolute Gasteiger partial charge is 0.252 e. The molecule has 0 bridgehead atoms. The molecule has 534 valence electrons. The van der Waals surface area contributed by atoms with E-state index in [4.69, 9.17) is 7.94 Å². The van der Waals surface area contributed by atoms with E-state index < -0.39 is 119 Å². The molecule has 0 saturated carbocycles. The molecular weight excluding hydrogens is 1370 g/mol. The quantitative estimate of drug-likeness (QED) is 0.123. The molecule has 2 aliphatic rings. The number of hydrogen-bond acceptors (Lipinski definition) is 3. The third-order valence-corrected chi connectivity index (χ3v) is 24.2. The minimum Gasteiger partial charge on any atom is -0.311 e. The molecule has 23 rings (SSSR count). The number of aromatic nitrogens is 4. The van der Waals surface area contributed by atoms with Crippen LogP contribution in [-0.4, -0.2) is 24.6 Å². The monoisotopic (exact) mass is 1460 g/mol. The zero-order valence-electron chi connectivity index (χ0n) is 77.3. The van der Waals surface area contributed by atoms with Gasteiger partial charge in [0, 0.05) is 107 Å². The summed E-state index contributed by atoms with van der Waals surface area (Å²) in [6, 6.07) is 68.0. The number of nitriles is 1. The van der Waals surface area contributed by atoms with Crippen molar-refractivity contribution < 1.29 is 19.2 Å². The molecule has 21 aromatic rings. The molecule has 0 spiro atoms. The van der Waals surface area contributed by atoms with Gasteiger partial charge in [0.1, 0.15) is 0 Å². The lowest BCUT2D eigenvalue weighted by atomic mass is 9.33. The molecule has 113 heavy (non-hydrogen) atoms. The SMILES string of the molecule is [2H]c1c([2H])c([2H])c2c(c1[2H])c1c([2H])c(C#N)c([2H])c([2H])c1n2-c1ccc2c(c1)N(c1ccc(C(C)(C)C)cc1-c1cc3c4ccccc4n4c5ccccc5c(c1)c34)c1cc(C(C)(C)C)cc3c1B2c1ccc(-n2c4c([2H])c([2H])c([2H])c([2H])c4c4c([2H])c([N+]#[C-])c([2H])c([2H])c42)cc1N3c1ccc(C(C)(C)C)cc1-c1cc2c3ccccc3n3c4ccccc4c(c1)c23. The lowest BCUT2D eigenvalue weighted by Gasteiger charge is -2.46. The number of rotatable bonds is 6. The van der Waals surface area contributed by atoms with Crippen LogP contribution in [0.15, 0.2) is 291 Å². The minimum atomic E-state index is -0.767. The second-order valence-electron chi connectivity index (χ2n) is 33.6. The summed E-state index contributed by atoms with van der Waals surface area (Å²) in [5.41, 5.74) is 17.6. The van der Waals surface area contributed by atoms with Gasteiger partial charge in [-0.2, -0.15) is 5.26 Å². The molecule has 0 N–H and O–H groups in total. The van der Waals surface area contributed by atoms with Gasteiger partial charge in [-0.05, 0) is 217 Å². The zero-order chi connectivity index (χ0) is 88.3. The van der Waals surface area contributed by atoms with Gasteiger partial charge in [-0.15, -0.1) is 0 Å². The molecule has 0 amide bonds. The third-order valence-electron chi connectivity index (χ3n) is 24.2. The molecule has 6 aromatic heterocycles. The molecule has 0 atom stereocenters. The van der Waals surface area contributed by atoms with Crippen molar-refractivity contribution in [3.05, 3.63) is 325 Å². The van der Waals surface area contributed by atoms with Gasteiger partial charge in [0.2, 0.25) is 0 Å². The van der Waals surface area contributed by atoms with Crippen molar-refractivity contribution in [3.63, 3.8) is 0 Å². The summed E-state index contributed by atoms with van der Waals surface area (Å²) in [6.45, 7) is 27.4. The highest BCUT2D eigenvalue weighted by atomic mass is 15.2. The molecule has 0 saturated heterocycles. The average molecular weight is 1460 g/mol. The molecule has 0 aliphatic carbocycles. The molecule has 0 unspecified atom stereocenters. The van der Waals surface area contributed by atoms with Crippen LogP contribution in [0.1, 0.15) is 104 Å². The van der Waals surface area contributed by atoms with E-state index in [0.29, 0.717) is 22.7 Å². The van der Waals surface area contributed by atoms with Crippen LogP contribution in [0.3, 0.4) is 0 Å². The molecule has 15 aromatic carbocycles. The van der Waals surface area contributed by atoms with E-state index in [0.717, 1.165) is 154 Å². The van der Waals surface area contributed by atoms with E-state index >= 15 is 0 Å². The van der Waals surface area contributed by atoms with Crippen LogP contribution < -0.4 is 26.2 Å². The van der Waals surface area contributed by atoms with Crippen LogP contribution in [0.5, 0.6) is 0 Å². The van der Waals surface area contributed by atoms with E-state index in [-0.39, 0.29) is 43.6 Å². The molecule has 0 radical (unpaired) electrons. The van der Waals surface area contributed by atoms with Crippen molar-refractivity contribution >= 4 is 183 Å². The predicted octanol–water partition coefficient (Wildman–Crippen LogP) is 25.9. The first kappa shape index (κ1) is 52.3. The Morgan fingerprint density at radius 1 is 0.354 bits per heavy atom. The zero-order valence-corrected chi connectivity index (χ0v) is 63.3. The van der Waals surface area contributed by atoms with Crippen molar-refractivity contribution in [2.45, 2.75) is 78.6 Å². The normalized spacial score (nSPS) is 15.0. The highest BCUT2D eigenvalue weighted by Gasteiger charge is 2.46. The maximum absolute atomic E-state index is 10.7. The Kier molecular flexibility index (Phi) is 10.6. The van der Waals surface area contributed by atoms with E-state index in [9.17, 15) is 23.1 Å². The summed E-state index contributed by atoms with van der Waals surface area (Å²) in [4.78, 5) is 8.27. The fraction of sp³-hybridized carbons (Fsp3) is 0.115. The lowest BCUT2D eigenvalue weighted by Crippen LogP contribution is -2.61. The number of fused-ring (bicyclic) bond motifs is 22. The Hall–Kier alpha value is -13.9. The Bertz CT molecular complexity index is 8120. The Balaban J connectivity index is 0.900. The van der Waals surface area contributed by atoms with Crippen molar-refractivity contribution in [2.75, 3.05) is 9.80 Å². The van der Waals surface area contributed by atoms with Gasteiger partial charge in [0.15, 0.2) is 5.69 Å². The molecule has 2 aliphatic heterocycles. The van der Waals surface area contributed by atoms with Crippen molar-refractivity contribution in [1.29, 1.82) is 5.26 Å². The van der Waals surface area contributed by atoms with Gasteiger partial charge < -0.3 is 27.7 Å². The van der Waals surface area contributed by atoms with Gasteiger partial charge in [0.05, 0.1) is 101 Å². The first-order valence-corrected chi connectivity index (χ1v) is 38.3. The summed E-state index contributed by atoms with van der Waals surface area (Å²) in [5, 5.41) is 18.9. The van der Waals surface area contributed by atoms with Crippen LogP contribution in [0, 0.1) is 17.9 Å². The Morgan fingerprint density at radius 3 is 1.17 bits per heavy atom. The topological polar surface area (TPSA) is 53.3 Å². The maximum atomic E-state index is 10.7. The van der Waals surface area contributed by atoms with Gasteiger partial charge in [-0.25, -0.2) is 4.85 Å². The molecule has 8 nitrogen and oxygen atoms in total. The summed E-state index contributed by atoms with van der Waals surface area (Å²) in [7, 11) is 0. The van der Waals surface area contributed by atoms with E-state index in [1.165, 1.54) is 0 Å². The van der Waals surface area contributed by atoms with Crippen molar-refractivity contribution in [2.24, 2.45) is 0 Å². The fourth-order valence-corrected chi connectivity index (χ4v) is 18.9. The Morgan fingerprint density at radius 2 is 0.752 bits per heavy atom. The summed E-state index contributed by atoms with van der Waals surface area (Å²) in [6.07, 6.45) is 0. The van der Waals surface area contributed by atoms with Gasteiger partial charge in [-0.1, -0.05) is 202 Å². The number of hydrogen-bond donors (Lipinski definition) is 0. The second kappa shape index (κ2) is 22.9. The van der Waals surface area contributed by atoms with Crippen LogP contribution in [0.25, 0.3) is 158 Å². The molecular formula is C104H75BN8. The maximum Gasteiger partial charge on any atom is 0.252 e. The van der Waals surface area contributed by atoms with Crippen LogP contribution in [0.4, 0.5) is 39.8 Å². The van der Waals surface area contributed by atoms with Crippen molar-refractivity contribution in [1.82, 2.24) is 17.9 Å². The van der Waals surface area contributed by atoms with Crippen LogP contribution in [-0.2, 0) is 16.2 Å². The van der Waals surface area contributed by atoms with Crippen LogP contribution >= 0.6 is 0 Å². The molecule has 0 fully saturated rings. The van der Waals surface area contributed by atoms with Crippen molar-refractivity contribution in [3.8, 4) is 39.7 Å². The highest BCUT2D eigenvalue weighted by molar-refractivity contribution is 7.00. The second-order valence-corrected chi connectivity index (χ2v) is 33.6. The van der Waals surface area contributed by atoms with E-state index in [1.807, 2.05) is 42.5 Å². The minimum absolute atomic E-state index is 0.0578. The summed E-state index contributed by atoms with van der Waals surface area (Å²) in [5.74, 6) is 0. The Labute approximate surface area is 674 Å². The van der Waals surface area contributed by atoms with Gasteiger partial charge in [0.25, 0.3) is 6.71 Å². The van der Waals surface area contributed by atoms with Crippen LogP contribution in [0.2, 0.25) is 0 Å². The number of nitrogens with zero attached hydrogens (tertiary/aromatic N) is 8. The largest absolute Gasteiger partial charge is 0.311 e. The van der Waals surface area contributed by atoms with Gasteiger partial charge in [-0.3, -0.25) is 0 Å². The third kappa shape index (κ3) is 9.08. The highest BCUT2D eigenvalue weighted by Crippen LogP contribution is 2.55. The average Bonchev–Trinajstić information content (AvgIpc) is 1.24. The summed E-state index contributed by atoms with van der Waals surface area (Å²) >= 11 is 0.